The summed E-state index contributed by atoms with van der Waals surface area (Å²) in [6, 6.07) is 0. The highest BCUT2D eigenvalue weighted by atomic mass is 79.9. The van der Waals surface area contributed by atoms with E-state index >= 15 is 0 Å². The molecule has 12 heavy (non-hydrogen) atoms. The minimum absolute atomic E-state index is 0.925. The number of hydrogen-bond acceptors (Lipinski definition) is 2. The molecule has 0 spiro atoms. The van der Waals surface area contributed by atoms with Gasteiger partial charge in [-0.25, -0.2) is 0 Å². The summed E-state index contributed by atoms with van der Waals surface area (Å²) >= 11 is 3.45. The van der Waals surface area contributed by atoms with Crippen LogP contribution in [0.5, 0.6) is 0 Å². The molecule has 3 heteroatoms. The Balaban J connectivity index is 2.04. The van der Waals surface area contributed by atoms with Gasteiger partial charge in [0.2, 0.25) is 0 Å². The SMILES string of the molecule is BrCCCCN1CCCOCC1. The van der Waals surface area contributed by atoms with Crippen molar-refractivity contribution < 1.29 is 4.74 Å². The summed E-state index contributed by atoms with van der Waals surface area (Å²) in [4.78, 5) is 2.51. The second kappa shape index (κ2) is 6.87. The van der Waals surface area contributed by atoms with Crippen molar-refractivity contribution in [3.8, 4) is 0 Å². The van der Waals surface area contributed by atoms with E-state index in [4.69, 9.17) is 4.74 Å². The highest BCUT2D eigenvalue weighted by Crippen LogP contribution is 2.02. The van der Waals surface area contributed by atoms with E-state index in [9.17, 15) is 0 Å². The van der Waals surface area contributed by atoms with Crippen LogP contribution in [0.4, 0.5) is 0 Å². The lowest BCUT2D eigenvalue weighted by Gasteiger charge is -2.18. The summed E-state index contributed by atoms with van der Waals surface area (Å²) < 4.78 is 5.38. The first kappa shape index (κ1) is 10.5. The van der Waals surface area contributed by atoms with Crippen molar-refractivity contribution in [3.63, 3.8) is 0 Å². The number of rotatable bonds is 4. The van der Waals surface area contributed by atoms with Crippen LogP contribution in [0.2, 0.25) is 0 Å². The Morgan fingerprint density at radius 1 is 1.17 bits per heavy atom. The molecule has 0 aromatic heterocycles. The average molecular weight is 236 g/mol. The molecule has 1 heterocycles. The molecule has 1 rings (SSSR count). The Morgan fingerprint density at radius 2 is 2.08 bits per heavy atom. The number of nitrogens with zero attached hydrogens (tertiary/aromatic N) is 1. The van der Waals surface area contributed by atoms with Crippen molar-refractivity contribution in [3.05, 3.63) is 0 Å². The number of unbranched alkanes of at least 4 members (excludes halogenated alkanes) is 1. The van der Waals surface area contributed by atoms with Crippen molar-refractivity contribution in [2.75, 3.05) is 38.2 Å². The van der Waals surface area contributed by atoms with E-state index in [1.165, 1.54) is 32.4 Å². The Kier molecular flexibility index (Phi) is 6.00. The molecule has 0 aromatic rings. The Morgan fingerprint density at radius 3 is 2.92 bits per heavy atom. The second-order valence-corrected chi connectivity index (χ2v) is 4.00. The second-order valence-electron chi connectivity index (χ2n) is 3.20. The molecule has 0 aliphatic carbocycles. The van der Waals surface area contributed by atoms with E-state index in [2.05, 4.69) is 20.8 Å². The molecular formula is C9H18BrNO. The molecule has 0 unspecified atom stereocenters. The molecule has 0 radical (unpaired) electrons. The van der Waals surface area contributed by atoms with Crippen LogP contribution >= 0.6 is 15.9 Å². The van der Waals surface area contributed by atoms with Crippen LogP contribution in [-0.4, -0.2) is 43.1 Å². The van der Waals surface area contributed by atoms with Gasteiger partial charge >= 0.3 is 0 Å². The van der Waals surface area contributed by atoms with E-state index in [1.807, 2.05) is 0 Å². The molecule has 1 saturated heterocycles. The first-order chi connectivity index (χ1) is 5.93. The molecule has 0 aromatic carbocycles. The first-order valence-electron chi connectivity index (χ1n) is 4.79. The van der Waals surface area contributed by atoms with E-state index in [1.54, 1.807) is 0 Å². The number of hydrogen-bond donors (Lipinski definition) is 0. The fraction of sp³-hybridized carbons (Fsp3) is 1.00. The van der Waals surface area contributed by atoms with Gasteiger partial charge in [-0.1, -0.05) is 15.9 Å². The van der Waals surface area contributed by atoms with Gasteiger partial charge in [-0.15, -0.1) is 0 Å². The largest absolute Gasteiger partial charge is 0.380 e. The lowest BCUT2D eigenvalue weighted by molar-refractivity contribution is 0.141. The fourth-order valence-electron chi connectivity index (χ4n) is 1.45. The minimum Gasteiger partial charge on any atom is -0.380 e. The normalized spacial score (nSPS) is 20.8. The lowest BCUT2D eigenvalue weighted by atomic mass is 10.3. The van der Waals surface area contributed by atoms with Crippen molar-refractivity contribution in [2.45, 2.75) is 19.3 Å². The maximum atomic E-state index is 5.38. The Hall–Kier alpha value is 0.400. The molecule has 1 aliphatic heterocycles. The van der Waals surface area contributed by atoms with Gasteiger partial charge in [0.05, 0.1) is 6.61 Å². The lowest BCUT2D eigenvalue weighted by Crippen LogP contribution is -2.27. The van der Waals surface area contributed by atoms with E-state index in [0.717, 1.165) is 25.1 Å². The summed E-state index contributed by atoms with van der Waals surface area (Å²) in [5, 5.41) is 1.14. The van der Waals surface area contributed by atoms with Crippen LogP contribution in [0.3, 0.4) is 0 Å². The summed E-state index contributed by atoms with van der Waals surface area (Å²) in [5.41, 5.74) is 0. The third kappa shape index (κ3) is 4.43. The molecule has 0 amide bonds. The summed E-state index contributed by atoms with van der Waals surface area (Å²) in [6.45, 7) is 5.47. The third-order valence-electron chi connectivity index (χ3n) is 2.17. The van der Waals surface area contributed by atoms with Crippen LogP contribution in [0.15, 0.2) is 0 Å². The van der Waals surface area contributed by atoms with Crippen LogP contribution in [0.1, 0.15) is 19.3 Å². The molecule has 2 nitrogen and oxygen atoms in total. The fourth-order valence-corrected chi connectivity index (χ4v) is 1.85. The minimum atomic E-state index is 0.925. The smallest absolute Gasteiger partial charge is 0.0593 e. The highest BCUT2D eigenvalue weighted by Gasteiger charge is 2.07. The standard InChI is InChI=1S/C9H18BrNO/c10-4-1-2-5-11-6-3-8-12-9-7-11/h1-9H2. The quantitative estimate of drug-likeness (QED) is 0.546. The Labute approximate surface area is 83.4 Å². The van der Waals surface area contributed by atoms with E-state index in [0.29, 0.717) is 0 Å². The summed E-state index contributed by atoms with van der Waals surface area (Å²) in [6.07, 6.45) is 3.80. The van der Waals surface area contributed by atoms with Crippen molar-refractivity contribution in [2.24, 2.45) is 0 Å². The van der Waals surface area contributed by atoms with Crippen LogP contribution in [-0.2, 0) is 4.74 Å². The molecule has 0 N–H and O–H groups in total. The van der Waals surface area contributed by atoms with Crippen molar-refractivity contribution in [1.82, 2.24) is 4.90 Å². The Bertz CT molecular complexity index is 103. The van der Waals surface area contributed by atoms with E-state index < -0.39 is 0 Å². The van der Waals surface area contributed by atoms with Gasteiger partial charge < -0.3 is 9.64 Å². The van der Waals surface area contributed by atoms with Gasteiger partial charge in [0.1, 0.15) is 0 Å². The van der Waals surface area contributed by atoms with Crippen LogP contribution in [0.25, 0.3) is 0 Å². The molecule has 0 saturated carbocycles. The van der Waals surface area contributed by atoms with Gasteiger partial charge in [0, 0.05) is 25.0 Å². The van der Waals surface area contributed by atoms with Crippen LogP contribution < -0.4 is 0 Å². The zero-order chi connectivity index (χ0) is 8.65. The monoisotopic (exact) mass is 235 g/mol. The summed E-state index contributed by atoms with van der Waals surface area (Å²) in [7, 11) is 0. The number of ether oxygens (including phenoxy) is 1. The van der Waals surface area contributed by atoms with Gasteiger partial charge in [-0.3, -0.25) is 0 Å². The van der Waals surface area contributed by atoms with Gasteiger partial charge in [0.25, 0.3) is 0 Å². The van der Waals surface area contributed by atoms with Crippen molar-refractivity contribution in [1.29, 1.82) is 0 Å². The molecule has 1 fully saturated rings. The maximum Gasteiger partial charge on any atom is 0.0593 e. The van der Waals surface area contributed by atoms with Gasteiger partial charge in [0.15, 0.2) is 0 Å². The first-order valence-corrected chi connectivity index (χ1v) is 5.91. The number of alkyl halides is 1. The molecule has 72 valence electrons. The average Bonchev–Trinajstić information content (AvgIpc) is 2.33. The molecule has 1 aliphatic rings. The highest BCUT2D eigenvalue weighted by molar-refractivity contribution is 9.09. The molecule has 0 atom stereocenters. The molecular weight excluding hydrogens is 218 g/mol. The van der Waals surface area contributed by atoms with Gasteiger partial charge in [-0.2, -0.15) is 0 Å². The maximum absolute atomic E-state index is 5.38. The zero-order valence-electron chi connectivity index (χ0n) is 7.60. The van der Waals surface area contributed by atoms with Crippen molar-refractivity contribution >= 4 is 15.9 Å². The third-order valence-corrected chi connectivity index (χ3v) is 2.73. The number of halogens is 1. The molecule has 0 bridgehead atoms. The van der Waals surface area contributed by atoms with Gasteiger partial charge in [-0.05, 0) is 25.8 Å². The van der Waals surface area contributed by atoms with Crippen LogP contribution in [0, 0.1) is 0 Å². The topological polar surface area (TPSA) is 12.5 Å². The predicted octanol–water partition coefficient (Wildman–Crippen LogP) is 1.88. The summed E-state index contributed by atoms with van der Waals surface area (Å²) in [5.74, 6) is 0. The zero-order valence-corrected chi connectivity index (χ0v) is 9.18. The van der Waals surface area contributed by atoms with E-state index in [-0.39, 0.29) is 0 Å². The predicted molar refractivity (Wildman–Crippen MR) is 54.9 cm³/mol.